The van der Waals surface area contributed by atoms with Gasteiger partial charge in [-0.05, 0) is 127 Å². The van der Waals surface area contributed by atoms with Gasteiger partial charge in [-0.3, -0.25) is 4.79 Å². The Morgan fingerprint density at radius 3 is 2.18 bits per heavy atom. The molecular formula is C37H59NO5S. The van der Waals surface area contributed by atoms with Crippen LogP contribution in [0, 0.1) is 58.2 Å². The number of sulfonamides is 1. The van der Waals surface area contributed by atoms with Crippen LogP contribution in [-0.4, -0.2) is 36.7 Å². The van der Waals surface area contributed by atoms with Gasteiger partial charge in [0.2, 0.25) is 5.91 Å². The van der Waals surface area contributed by atoms with Gasteiger partial charge in [-0.25, -0.2) is 13.1 Å². The molecule has 3 N–H and O–H groups in total. The Bertz CT molecular complexity index is 1300. The van der Waals surface area contributed by atoms with Crippen LogP contribution in [0.5, 0.6) is 0 Å². The largest absolute Gasteiger partial charge is 0.393 e. The average molecular weight is 630 g/mol. The third-order valence-corrected chi connectivity index (χ3v) is 15.0. The van der Waals surface area contributed by atoms with E-state index in [2.05, 4.69) is 53.2 Å². The summed E-state index contributed by atoms with van der Waals surface area (Å²) in [6.45, 7) is 17.5. The summed E-state index contributed by atoms with van der Waals surface area (Å²) in [5.74, 6) is 1.73. The number of carbonyl (C=O) groups excluding carboxylic acids is 1. The second-order valence-corrected chi connectivity index (χ2v) is 18.7. The van der Waals surface area contributed by atoms with Crippen molar-refractivity contribution in [2.75, 3.05) is 0 Å². The third-order valence-electron chi connectivity index (χ3n) is 13.6. The summed E-state index contributed by atoms with van der Waals surface area (Å²) in [5.41, 5.74) is 1.24. The molecule has 248 valence electrons. The van der Waals surface area contributed by atoms with Crippen LogP contribution in [0.25, 0.3) is 0 Å². The number of nitrogens with one attached hydrogen (secondary N) is 1. The van der Waals surface area contributed by atoms with Gasteiger partial charge in [-0.2, -0.15) is 0 Å². The molecule has 7 heteroatoms. The maximum Gasteiger partial charge on any atom is 0.264 e. The molecule has 1 amide bonds. The number of aliphatic hydroxyl groups is 2. The van der Waals surface area contributed by atoms with Gasteiger partial charge in [0.25, 0.3) is 10.0 Å². The highest BCUT2D eigenvalue weighted by atomic mass is 32.2. The predicted octanol–water partition coefficient (Wildman–Crippen LogP) is 7.08. The molecule has 4 saturated carbocycles. The minimum Gasteiger partial charge on any atom is -0.393 e. The number of amides is 1. The Kier molecular flexibility index (Phi) is 9.23. The van der Waals surface area contributed by atoms with Gasteiger partial charge in [0.15, 0.2) is 0 Å². The molecule has 6 nitrogen and oxygen atoms in total. The lowest BCUT2D eigenvalue weighted by atomic mass is 9.41. The zero-order valence-electron chi connectivity index (χ0n) is 28.5. The quantitative estimate of drug-likeness (QED) is 0.299. The Labute approximate surface area is 267 Å². The summed E-state index contributed by atoms with van der Waals surface area (Å²) < 4.78 is 28.5. The molecule has 0 heterocycles. The van der Waals surface area contributed by atoms with Crippen molar-refractivity contribution in [2.24, 2.45) is 58.2 Å². The molecule has 44 heavy (non-hydrogen) atoms. The van der Waals surface area contributed by atoms with Crippen molar-refractivity contribution < 1.29 is 23.4 Å². The van der Waals surface area contributed by atoms with Crippen molar-refractivity contribution in [3.05, 3.63) is 29.8 Å². The molecule has 0 saturated heterocycles. The van der Waals surface area contributed by atoms with Crippen molar-refractivity contribution in [2.45, 2.75) is 136 Å². The zero-order valence-corrected chi connectivity index (χ0v) is 29.3. The minimum atomic E-state index is -3.94. The van der Waals surface area contributed by atoms with E-state index in [1.807, 2.05) is 19.1 Å². The van der Waals surface area contributed by atoms with Gasteiger partial charge in [0, 0.05) is 5.92 Å². The highest BCUT2D eigenvalue weighted by Crippen LogP contribution is 2.69. The Balaban J connectivity index is 1.27. The summed E-state index contributed by atoms with van der Waals surface area (Å²) in [6.07, 6.45) is 8.28. The molecule has 4 fully saturated rings. The van der Waals surface area contributed by atoms with E-state index in [0.29, 0.717) is 36.0 Å². The first-order valence-electron chi connectivity index (χ1n) is 17.5. The summed E-state index contributed by atoms with van der Waals surface area (Å²) in [6, 6.07) is 6.81. The highest BCUT2D eigenvalue weighted by molar-refractivity contribution is 7.90. The first-order chi connectivity index (χ1) is 20.4. The van der Waals surface area contributed by atoms with Gasteiger partial charge in [-0.15, -0.1) is 0 Å². The lowest BCUT2D eigenvalue weighted by Gasteiger charge is -2.64. The van der Waals surface area contributed by atoms with Gasteiger partial charge >= 0.3 is 0 Å². The molecule has 4 aliphatic carbocycles. The number of hydrogen-bond acceptors (Lipinski definition) is 5. The Hall–Kier alpha value is -1.44. The van der Waals surface area contributed by atoms with Crippen molar-refractivity contribution in [1.82, 2.24) is 4.72 Å². The van der Waals surface area contributed by atoms with E-state index in [1.165, 1.54) is 0 Å². The fourth-order valence-electron chi connectivity index (χ4n) is 11.2. The van der Waals surface area contributed by atoms with Crippen LogP contribution < -0.4 is 4.72 Å². The molecule has 0 bridgehead atoms. The Morgan fingerprint density at radius 1 is 0.955 bits per heavy atom. The van der Waals surface area contributed by atoms with Crippen LogP contribution in [0.15, 0.2) is 29.2 Å². The highest BCUT2D eigenvalue weighted by Gasteiger charge is 2.64. The van der Waals surface area contributed by atoms with Crippen LogP contribution in [-0.2, 0) is 20.2 Å². The number of carbonyl (C=O) groups is 1. The number of aliphatic hydroxyl groups excluding tert-OH is 2. The number of rotatable bonds is 7. The summed E-state index contributed by atoms with van der Waals surface area (Å²) >= 11 is 0. The zero-order chi connectivity index (χ0) is 32.4. The number of fused-ring (bicyclic) bond motifs is 5. The minimum absolute atomic E-state index is 0.0854. The van der Waals surface area contributed by atoms with Crippen molar-refractivity contribution >= 4 is 15.9 Å². The van der Waals surface area contributed by atoms with Crippen LogP contribution in [0.2, 0.25) is 0 Å². The summed E-state index contributed by atoms with van der Waals surface area (Å²) in [4.78, 5) is 13.3. The van der Waals surface area contributed by atoms with Crippen LogP contribution >= 0.6 is 0 Å². The van der Waals surface area contributed by atoms with Crippen molar-refractivity contribution in [3.8, 4) is 0 Å². The fraction of sp³-hybridized carbons (Fsp3) is 0.811. The summed E-state index contributed by atoms with van der Waals surface area (Å²) in [5, 5.41) is 22.5. The topological polar surface area (TPSA) is 104 Å². The van der Waals surface area contributed by atoms with Gasteiger partial charge in [0.1, 0.15) is 0 Å². The first kappa shape index (κ1) is 33.9. The van der Waals surface area contributed by atoms with E-state index in [9.17, 15) is 23.4 Å². The molecule has 0 radical (unpaired) electrons. The number of hydrogen-bond donors (Lipinski definition) is 3. The third kappa shape index (κ3) is 5.81. The predicted molar refractivity (Wildman–Crippen MR) is 175 cm³/mol. The van der Waals surface area contributed by atoms with Crippen LogP contribution in [0.1, 0.15) is 119 Å². The molecule has 0 aliphatic heterocycles. The van der Waals surface area contributed by atoms with Crippen molar-refractivity contribution in [3.63, 3.8) is 0 Å². The molecule has 1 aromatic carbocycles. The van der Waals surface area contributed by atoms with Crippen LogP contribution in [0.3, 0.4) is 0 Å². The second-order valence-electron chi connectivity index (χ2n) is 17.0. The van der Waals surface area contributed by atoms with E-state index in [1.54, 1.807) is 12.1 Å². The standard InChI is InChI=1S/C37H59NO5S/c1-9-27-31-21-25(39)16-18-37(31,8)30-17-19-36(7)28(14-15-29(36)32(30)33(27)40)22(2)20-23(3)34(41)38-44(42,43)26-12-10-24(11-13-26)35(4,5)6/h10-13,22-23,25,27-33,39-40H,9,14-21H2,1-8H3,(H,38,41)/t22-,23+,25-,27-,28-,29+,30+,31+,32+,33-,36-,37-/m1/s1. The molecule has 0 aromatic heterocycles. The van der Waals surface area contributed by atoms with Crippen molar-refractivity contribution in [1.29, 1.82) is 0 Å². The monoisotopic (exact) mass is 629 g/mol. The smallest absolute Gasteiger partial charge is 0.264 e. The van der Waals surface area contributed by atoms with E-state index in [4.69, 9.17) is 0 Å². The van der Waals surface area contributed by atoms with E-state index in [-0.39, 0.29) is 45.2 Å². The molecule has 1 aromatic rings. The maximum atomic E-state index is 13.2. The molecule has 5 rings (SSSR count). The van der Waals surface area contributed by atoms with E-state index >= 15 is 0 Å². The average Bonchev–Trinajstić information content (AvgIpc) is 3.30. The normalized spacial score (nSPS) is 40.3. The van der Waals surface area contributed by atoms with Gasteiger partial charge in [-0.1, -0.05) is 73.9 Å². The first-order valence-corrected chi connectivity index (χ1v) is 19.0. The van der Waals surface area contributed by atoms with Gasteiger partial charge < -0.3 is 10.2 Å². The molecule has 4 aliphatic rings. The molecule has 12 atom stereocenters. The van der Waals surface area contributed by atoms with E-state index < -0.39 is 21.8 Å². The van der Waals surface area contributed by atoms with Crippen LogP contribution in [0.4, 0.5) is 0 Å². The fourth-order valence-corrected chi connectivity index (χ4v) is 12.3. The lowest BCUT2D eigenvalue weighted by Crippen LogP contribution is -2.62. The molecule has 0 unspecified atom stereocenters. The molecule has 0 spiro atoms. The second kappa shape index (κ2) is 12.0. The lowest BCUT2D eigenvalue weighted by molar-refractivity contribution is -0.203. The number of benzene rings is 1. The summed E-state index contributed by atoms with van der Waals surface area (Å²) in [7, 11) is -3.94. The SMILES string of the molecule is CC[C@H]1[C@@H](O)[C@@H]2[C@H](CC[C@]3(C)[C@@H]([C@H](C)C[C@H](C)C(=O)NS(=O)(=O)c4ccc(C(C)(C)C)cc4)CC[C@@H]23)[C@@]2(C)CC[C@@H](O)C[C@@H]12. The molecular weight excluding hydrogens is 570 g/mol. The Morgan fingerprint density at radius 2 is 1.57 bits per heavy atom. The van der Waals surface area contributed by atoms with E-state index in [0.717, 1.165) is 56.9 Å². The van der Waals surface area contributed by atoms with Gasteiger partial charge in [0.05, 0.1) is 17.1 Å². The maximum absolute atomic E-state index is 13.2.